The molecule has 2 aromatic rings. The van der Waals surface area contributed by atoms with Crippen LogP contribution in [0.4, 0.5) is 0 Å². The van der Waals surface area contributed by atoms with Gasteiger partial charge in [0.15, 0.2) is 0 Å². The van der Waals surface area contributed by atoms with Gasteiger partial charge in [0.2, 0.25) is 0 Å². The van der Waals surface area contributed by atoms with Gasteiger partial charge in [0.25, 0.3) is 11.8 Å². The third kappa shape index (κ3) is 3.49. The summed E-state index contributed by atoms with van der Waals surface area (Å²) >= 11 is 0. The number of hydrogen-bond donors (Lipinski definition) is 1. The van der Waals surface area contributed by atoms with Gasteiger partial charge in [-0.1, -0.05) is 12.1 Å². The van der Waals surface area contributed by atoms with Gasteiger partial charge < -0.3 is 5.32 Å². The van der Waals surface area contributed by atoms with Crippen LogP contribution in [-0.4, -0.2) is 32.7 Å². The second-order valence-electron chi connectivity index (χ2n) is 4.82. The number of amides is 2. The van der Waals surface area contributed by atoms with Crippen molar-refractivity contribution in [3.05, 3.63) is 84.7 Å². The minimum Gasteiger partial charge on any atom is -0.341 e. The Morgan fingerprint density at radius 2 is 1.52 bits per heavy atom. The maximum Gasteiger partial charge on any atom is 0.280 e. The molecule has 1 aliphatic rings. The fourth-order valence-corrected chi connectivity index (χ4v) is 2.06. The summed E-state index contributed by atoms with van der Waals surface area (Å²) in [5.74, 6) is -0.498. The molecule has 6 heteroatoms. The zero-order chi connectivity index (χ0) is 16.1. The molecule has 0 bridgehead atoms. The van der Waals surface area contributed by atoms with E-state index in [2.05, 4.69) is 15.3 Å². The number of aromatic nitrogens is 2. The molecule has 0 unspecified atom stereocenters. The van der Waals surface area contributed by atoms with Crippen molar-refractivity contribution in [1.82, 2.24) is 20.2 Å². The van der Waals surface area contributed by atoms with Crippen molar-refractivity contribution >= 4 is 11.8 Å². The van der Waals surface area contributed by atoms with Crippen LogP contribution in [0.15, 0.2) is 73.3 Å². The van der Waals surface area contributed by atoms with Gasteiger partial charge >= 0.3 is 0 Å². The first-order valence-electron chi connectivity index (χ1n) is 7.06. The first kappa shape index (κ1) is 14.6. The third-order valence-corrected chi connectivity index (χ3v) is 3.22. The maximum absolute atomic E-state index is 12.2. The standard InChI is InChI=1S/C17H14N4O2/c22-16(14-5-1-3-9-18-14)20-13-7-11-21(12-8-13)17(23)15-6-2-4-10-19-15/h1-13H,(H,20,22). The van der Waals surface area contributed by atoms with Gasteiger partial charge in [-0.15, -0.1) is 0 Å². The molecular formula is C17H14N4O2. The van der Waals surface area contributed by atoms with Gasteiger partial charge in [0.05, 0.1) is 6.04 Å². The van der Waals surface area contributed by atoms with Crippen LogP contribution in [0.5, 0.6) is 0 Å². The summed E-state index contributed by atoms with van der Waals surface area (Å²) in [6.45, 7) is 0. The molecular weight excluding hydrogens is 292 g/mol. The molecule has 2 aromatic heterocycles. The number of carbonyl (C=O) groups excluding carboxylic acids is 2. The summed E-state index contributed by atoms with van der Waals surface area (Å²) in [6, 6.07) is 10.0. The van der Waals surface area contributed by atoms with Crippen molar-refractivity contribution < 1.29 is 9.59 Å². The number of pyridine rings is 2. The summed E-state index contributed by atoms with van der Waals surface area (Å²) < 4.78 is 0. The highest BCUT2D eigenvalue weighted by Gasteiger charge is 2.17. The molecule has 0 radical (unpaired) electrons. The third-order valence-electron chi connectivity index (χ3n) is 3.22. The molecule has 1 aliphatic heterocycles. The van der Waals surface area contributed by atoms with Gasteiger partial charge in [0.1, 0.15) is 11.4 Å². The van der Waals surface area contributed by atoms with Crippen LogP contribution >= 0.6 is 0 Å². The Morgan fingerprint density at radius 1 is 0.913 bits per heavy atom. The van der Waals surface area contributed by atoms with Crippen molar-refractivity contribution in [1.29, 1.82) is 0 Å². The molecule has 6 nitrogen and oxygen atoms in total. The fourth-order valence-electron chi connectivity index (χ4n) is 2.06. The Bertz CT molecular complexity index is 743. The van der Waals surface area contributed by atoms with E-state index in [9.17, 15) is 9.59 Å². The zero-order valence-electron chi connectivity index (χ0n) is 12.2. The lowest BCUT2D eigenvalue weighted by Gasteiger charge is -2.20. The second kappa shape index (κ2) is 6.65. The van der Waals surface area contributed by atoms with Gasteiger partial charge in [0, 0.05) is 24.8 Å². The van der Waals surface area contributed by atoms with Crippen LogP contribution in [0.3, 0.4) is 0 Å². The van der Waals surface area contributed by atoms with E-state index in [1.807, 2.05) is 0 Å². The largest absolute Gasteiger partial charge is 0.341 e. The molecule has 114 valence electrons. The van der Waals surface area contributed by atoms with Crippen molar-refractivity contribution in [3.8, 4) is 0 Å². The predicted octanol–water partition coefficient (Wildman–Crippen LogP) is 1.76. The van der Waals surface area contributed by atoms with Crippen molar-refractivity contribution in [2.24, 2.45) is 0 Å². The molecule has 3 heterocycles. The number of nitrogens with one attached hydrogen (secondary N) is 1. The van der Waals surface area contributed by atoms with Gasteiger partial charge in [-0.2, -0.15) is 0 Å². The number of hydrogen-bond acceptors (Lipinski definition) is 4. The van der Waals surface area contributed by atoms with Gasteiger partial charge in [-0.25, -0.2) is 0 Å². The van der Waals surface area contributed by atoms with E-state index in [0.29, 0.717) is 11.4 Å². The molecule has 0 atom stereocenters. The Balaban J connectivity index is 1.62. The smallest absolute Gasteiger partial charge is 0.280 e. The number of nitrogens with zero attached hydrogens (tertiary/aromatic N) is 3. The summed E-state index contributed by atoms with van der Waals surface area (Å²) in [5.41, 5.74) is 0.707. The van der Waals surface area contributed by atoms with Crippen LogP contribution in [-0.2, 0) is 0 Å². The highest BCUT2D eigenvalue weighted by Crippen LogP contribution is 2.09. The zero-order valence-corrected chi connectivity index (χ0v) is 12.2. The van der Waals surface area contributed by atoms with E-state index in [-0.39, 0.29) is 17.9 Å². The Labute approximate surface area is 133 Å². The molecule has 23 heavy (non-hydrogen) atoms. The van der Waals surface area contributed by atoms with Gasteiger partial charge in [-0.3, -0.25) is 24.5 Å². The van der Waals surface area contributed by atoms with Crippen LogP contribution < -0.4 is 5.32 Å². The Morgan fingerprint density at radius 3 is 2.09 bits per heavy atom. The van der Waals surface area contributed by atoms with Crippen molar-refractivity contribution in [2.45, 2.75) is 6.04 Å². The van der Waals surface area contributed by atoms with E-state index < -0.39 is 0 Å². The second-order valence-corrected chi connectivity index (χ2v) is 4.82. The van der Waals surface area contributed by atoms with E-state index in [0.717, 1.165) is 0 Å². The highest BCUT2D eigenvalue weighted by molar-refractivity contribution is 5.94. The first-order chi connectivity index (χ1) is 11.2. The van der Waals surface area contributed by atoms with Crippen LogP contribution in [0.25, 0.3) is 0 Å². The lowest BCUT2D eigenvalue weighted by molar-refractivity contribution is 0.0862. The molecule has 0 saturated heterocycles. The first-order valence-corrected chi connectivity index (χ1v) is 7.06. The minimum absolute atomic E-state index is 0.229. The number of rotatable bonds is 3. The van der Waals surface area contributed by atoms with Crippen molar-refractivity contribution in [2.75, 3.05) is 0 Å². The summed E-state index contributed by atoms with van der Waals surface area (Å²) in [6.07, 6.45) is 9.80. The van der Waals surface area contributed by atoms with E-state index >= 15 is 0 Å². The fraction of sp³-hybridized carbons (Fsp3) is 0.0588. The lowest BCUT2D eigenvalue weighted by atomic mass is 10.2. The molecule has 0 spiro atoms. The Kier molecular flexibility index (Phi) is 4.24. The molecule has 2 amide bonds. The maximum atomic E-state index is 12.2. The van der Waals surface area contributed by atoms with Crippen molar-refractivity contribution in [3.63, 3.8) is 0 Å². The van der Waals surface area contributed by atoms with E-state index in [4.69, 9.17) is 0 Å². The van der Waals surface area contributed by atoms with E-state index in [1.54, 1.807) is 73.3 Å². The quantitative estimate of drug-likeness (QED) is 0.937. The van der Waals surface area contributed by atoms with Crippen LogP contribution in [0, 0.1) is 0 Å². The van der Waals surface area contributed by atoms with Gasteiger partial charge in [-0.05, 0) is 36.4 Å². The minimum atomic E-state index is -0.294. The lowest BCUT2D eigenvalue weighted by Crippen LogP contribution is -2.35. The molecule has 0 fully saturated rings. The highest BCUT2D eigenvalue weighted by atomic mass is 16.2. The molecule has 3 rings (SSSR count). The van der Waals surface area contributed by atoms with E-state index in [1.165, 1.54) is 4.90 Å². The predicted molar refractivity (Wildman–Crippen MR) is 84.2 cm³/mol. The number of carbonyl (C=O) groups is 2. The molecule has 0 aromatic carbocycles. The average Bonchev–Trinajstić information content (AvgIpc) is 2.63. The summed E-state index contributed by atoms with van der Waals surface area (Å²) in [5, 5.41) is 2.81. The normalized spacial score (nSPS) is 13.8. The average molecular weight is 306 g/mol. The molecule has 0 aliphatic carbocycles. The summed E-state index contributed by atoms with van der Waals surface area (Å²) in [7, 11) is 0. The van der Waals surface area contributed by atoms with Crippen LogP contribution in [0.1, 0.15) is 21.0 Å². The summed E-state index contributed by atoms with van der Waals surface area (Å²) in [4.78, 5) is 33.7. The molecule has 0 saturated carbocycles. The topological polar surface area (TPSA) is 75.2 Å². The molecule has 1 N–H and O–H groups in total. The SMILES string of the molecule is O=C(NC1C=CN(C(=O)c2ccccn2)C=C1)c1ccccn1. The van der Waals surface area contributed by atoms with Crippen LogP contribution in [0.2, 0.25) is 0 Å². The monoisotopic (exact) mass is 306 g/mol. The Hall–Kier alpha value is -3.28.